The molecule has 174 valence electrons. The number of rotatable bonds is 8. The molecule has 0 spiro atoms. The lowest BCUT2D eigenvalue weighted by Crippen LogP contribution is -2.10. The van der Waals surface area contributed by atoms with E-state index < -0.39 is 10.1 Å². The molecule has 0 amide bonds. The Labute approximate surface area is 202 Å². The van der Waals surface area contributed by atoms with Crippen LogP contribution in [0.4, 0.5) is 5.13 Å². The largest absolute Gasteiger partial charge is 0.493 e. The van der Waals surface area contributed by atoms with Crippen LogP contribution in [0.1, 0.15) is 16.0 Å². The highest BCUT2D eigenvalue weighted by Crippen LogP contribution is 2.31. The van der Waals surface area contributed by atoms with Crippen molar-refractivity contribution in [2.75, 3.05) is 12.5 Å². The summed E-state index contributed by atoms with van der Waals surface area (Å²) in [5.41, 5.74) is 6.57. The first-order valence-electron chi connectivity index (χ1n) is 10.4. The lowest BCUT2D eigenvalue weighted by molar-refractivity contribution is 0.390. The summed E-state index contributed by atoms with van der Waals surface area (Å²) in [5, 5.41) is 4.92. The highest BCUT2D eigenvalue weighted by atomic mass is 32.2. The van der Waals surface area contributed by atoms with Gasteiger partial charge in [0.2, 0.25) is 5.13 Å². The number of thiazole rings is 1. The molecular formula is C25H23N3O4S2. The lowest BCUT2D eigenvalue weighted by atomic mass is 10.1. The van der Waals surface area contributed by atoms with Crippen LogP contribution in [0.3, 0.4) is 0 Å². The molecule has 9 heteroatoms. The summed E-state index contributed by atoms with van der Waals surface area (Å²) in [6.07, 6.45) is 1.60. The monoisotopic (exact) mass is 493 g/mol. The van der Waals surface area contributed by atoms with E-state index in [0.717, 1.165) is 21.7 Å². The molecule has 0 bridgehead atoms. The summed E-state index contributed by atoms with van der Waals surface area (Å²) >= 11 is 1.51. The predicted octanol–water partition coefficient (Wildman–Crippen LogP) is 5.65. The summed E-state index contributed by atoms with van der Waals surface area (Å²) in [7, 11) is -2.54. The SMILES string of the molecule is COc1cc(/C=N\Nc2nc(-c3ccccc3)c(C)s2)ccc1OS(=O)(=O)c1ccc(C)cc1. The third kappa shape index (κ3) is 5.44. The van der Waals surface area contributed by atoms with Crippen LogP contribution >= 0.6 is 11.3 Å². The van der Waals surface area contributed by atoms with Crippen molar-refractivity contribution < 1.29 is 17.3 Å². The average molecular weight is 494 g/mol. The van der Waals surface area contributed by atoms with E-state index in [9.17, 15) is 8.42 Å². The zero-order valence-corrected chi connectivity index (χ0v) is 20.5. The van der Waals surface area contributed by atoms with E-state index in [0.29, 0.717) is 10.7 Å². The molecule has 7 nitrogen and oxygen atoms in total. The van der Waals surface area contributed by atoms with Crippen LogP contribution in [0.5, 0.6) is 11.5 Å². The number of nitrogens with one attached hydrogen (secondary N) is 1. The van der Waals surface area contributed by atoms with Crippen LogP contribution in [0, 0.1) is 13.8 Å². The van der Waals surface area contributed by atoms with Crippen molar-refractivity contribution in [3.05, 3.63) is 88.8 Å². The fraction of sp³-hybridized carbons (Fsp3) is 0.120. The summed E-state index contributed by atoms with van der Waals surface area (Å²) < 4.78 is 35.9. The van der Waals surface area contributed by atoms with Crippen LogP contribution in [0.25, 0.3) is 11.3 Å². The number of aromatic nitrogens is 1. The summed E-state index contributed by atoms with van der Waals surface area (Å²) in [4.78, 5) is 5.77. The van der Waals surface area contributed by atoms with Crippen LogP contribution in [0.15, 0.2) is 82.8 Å². The lowest BCUT2D eigenvalue weighted by Gasteiger charge is -2.11. The molecule has 0 saturated heterocycles. The number of hydrogen-bond donors (Lipinski definition) is 1. The first kappa shape index (κ1) is 23.5. The van der Waals surface area contributed by atoms with E-state index in [1.807, 2.05) is 44.2 Å². The van der Waals surface area contributed by atoms with Gasteiger partial charge in [-0.1, -0.05) is 48.0 Å². The van der Waals surface area contributed by atoms with Crippen LogP contribution in [-0.2, 0) is 10.1 Å². The van der Waals surface area contributed by atoms with Crippen LogP contribution in [-0.4, -0.2) is 26.7 Å². The maximum Gasteiger partial charge on any atom is 0.339 e. The quantitative estimate of drug-likeness (QED) is 0.194. The van der Waals surface area contributed by atoms with Gasteiger partial charge in [0.05, 0.1) is 19.0 Å². The standard InChI is InChI=1S/C25H23N3O4S2/c1-17-9-12-21(13-10-17)34(29,30)32-22-14-11-19(15-23(22)31-3)16-26-28-25-27-24(18(2)33-25)20-7-5-4-6-8-20/h4-16H,1-3H3,(H,27,28)/b26-16-. The number of benzene rings is 3. The molecule has 4 rings (SSSR count). The molecule has 1 aromatic heterocycles. The molecule has 0 aliphatic carbocycles. The third-order valence-corrected chi connectivity index (χ3v) is 7.04. The summed E-state index contributed by atoms with van der Waals surface area (Å²) in [6, 6.07) is 21.3. The second kappa shape index (κ2) is 10.1. The van der Waals surface area contributed by atoms with Gasteiger partial charge in [0, 0.05) is 10.4 Å². The van der Waals surface area contributed by atoms with E-state index in [-0.39, 0.29) is 16.4 Å². The smallest absolute Gasteiger partial charge is 0.339 e. The molecule has 4 aromatic rings. The second-order valence-electron chi connectivity index (χ2n) is 7.42. The minimum absolute atomic E-state index is 0.0728. The molecule has 0 atom stereocenters. The topological polar surface area (TPSA) is 89.9 Å². The Morgan fingerprint density at radius 1 is 0.971 bits per heavy atom. The number of hydrogen-bond acceptors (Lipinski definition) is 8. The van der Waals surface area contributed by atoms with Crippen molar-refractivity contribution >= 4 is 32.8 Å². The van der Waals surface area contributed by atoms with Crippen molar-refractivity contribution in [1.82, 2.24) is 4.98 Å². The van der Waals surface area contributed by atoms with Gasteiger partial charge in [0.1, 0.15) is 4.90 Å². The van der Waals surface area contributed by atoms with Gasteiger partial charge in [-0.15, -0.1) is 11.3 Å². The minimum Gasteiger partial charge on any atom is -0.493 e. The highest BCUT2D eigenvalue weighted by molar-refractivity contribution is 7.87. The molecule has 0 fully saturated rings. The van der Waals surface area contributed by atoms with Gasteiger partial charge in [-0.05, 0) is 49.7 Å². The zero-order valence-electron chi connectivity index (χ0n) is 18.8. The molecule has 0 radical (unpaired) electrons. The van der Waals surface area contributed by atoms with Gasteiger partial charge in [-0.25, -0.2) is 4.98 Å². The maximum atomic E-state index is 12.6. The Morgan fingerprint density at radius 3 is 2.41 bits per heavy atom. The Kier molecular flexibility index (Phi) is 6.95. The number of methoxy groups -OCH3 is 1. The van der Waals surface area contributed by atoms with Crippen molar-refractivity contribution in [2.24, 2.45) is 5.10 Å². The summed E-state index contributed by atoms with van der Waals surface area (Å²) in [6.45, 7) is 3.90. The molecule has 3 aromatic carbocycles. The molecule has 1 N–H and O–H groups in total. The van der Waals surface area contributed by atoms with E-state index in [1.165, 1.54) is 36.6 Å². The van der Waals surface area contributed by atoms with E-state index in [2.05, 4.69) is 15.5 Å². The number of nitrogens with zero attached hydrogens (tertiary/aromatic N) is 2. The van der Waals surface area contributed by atoms with Crippen molar-refractivity contribution in [2.45, 2.75) is 18.7 Å². The van der Waals surface area contributed by atoms with Gasteiger partial charge >= 0.3 is 10.1 Å². The van der Waals surface area contributed by atoms with Gasteiger partial charge in [0.25, 0.3) is 0 Å². The normalized spacial score (nSPS) is 11.5. The number of aryl methyl sites for hydroxylation is 2. The molecule has 0 saturated carbocycles. The first-order chi connectivity index (χ1) is 16.4. The van der Waals surface area contributed by atoms with Crippen molar-refractivity contribution in [1.29, 1.82) is 0 Å². The Bertz CT molecular complexity index is 1410. The molecular weight excluding hydrogens is 470 g/mol. The maximum absolute atomic E-state index is 12.6. The van der Waals surface area contributed by atoms with E-state index >= 15 is 0 Å². The Hall–Kier alpha value is -3.69. The number of anilines is 1. The predicted molar refractivity (Wildman–Crippen MR) is 135 cm³/mol. The minimum atomic E-state index is -3.99. The zero-order chi connectivity index (χ0) is 24.1. The fourth-order valence-electron chi connectivity index (χ4n) is 3.17. The Morgan fingerprint density at radius 2 is 1.71 bits per heavy atom. The van der Waals surface area contributed by atoms with Gasteiger partial charge < -0.3 is 8.92 Å². The van der Waals surface area contributed by atoms with Crippen LogP contribution in [0.2, 0.25) is 0 Å². The van der Waals surface area contributed by atoms with Gasteiger partial charge in [0.15, 0.2) is 11.5 Å². The van der Waals surface area contributed by atoms with Crippen LogP contribution < -0.4 is 14.3 Å². The molecule has 0 aliphatic rings. The van der Waals surface area contributed by atoms with Gasteiger partial charge in [-0.2, -0.15) is 13.5 Å². The first-order valence-corrected chi connectivity index (χ1v) is 12.6. The molecule has 0 aliphatic heterocycles. The molecule has 0 unspecified atom stereocenters. The van der Waals surface area contributed by atoms with E-state index in [4.69, 9.17) is 8.92 Å². The average Bonchev–Trinajstić information content (AvgIpc) is 3.21. The van der Waals surface area contributed by atoms with Gasteiger partial charge in [-0.3, -0.25) is 5.43 Å². The van der Waals surface area contributed by atoms with Crippen molar-refractivity contribution in [3.8, 4) is 22.8 Å². The third-order valence-electron chi connectivity index (χ3n) is 4.91. The second-order valence-corrected chi connectivity index (χ2v) is 10.2. The Balaban J connectivity index is 1.47. The molecule has 1 heterocycles. The van der Waals surface area contributed by atoms with Crippen molar-refractivity contribution in [3.63, 3.8) is 0 Å². The highest BCUT2D eigenvalue weighted by Gasteiger charge is 2.19. The van der Waals surface area contributed by atoms with E-state index in [1.54, 1.807) is 30.5 Å². The molecule has 34 heavy (non-hydrogen) atoms. The number of hydrazone groups is 1. The number of ether oxygens (including phenoxy) is 1. The summed E-state index contributed by atoms with van der Waals surface area (Å²) in [5.74, 6) is 0.368. The fourth-order valence-corrected chi connectivity index (χ4v) is 4.90.